The van der Waals surface area contributed by atoms with Crippen molar-refractivity contribution in [3.8, 4) is 11.4 Å². The van der Waals surface area contributed by atoms with Crippen LogP contribution in [0.25, 0.3) is 22.4 Å². The molecule has 1 amide bonds. The van der Waals surface area contributed by atoms with E-state index in [4.69, 9.17) is 10.7 Å². The van der Waals surface area contributed by atoms with Gasteiger partial charge in [0.15, 0.2) is 0 Å². The number of hydrogen-bond acceptors (Lipinski definition) is 5. The second kappa shape index (κ2) is 9.30. The van der Waals surface area contributed by atoms with Crippen molar-refractivity contribution in [2.75, 3.05) is 36.8 Å². The fourth-order valence-electron chi connectivity index (χ4n) is 5.52. The number of anilines is 2. The molecule has 36 heavy (non-hydrogen) atoms. The van der Waals surface area contributed by atoms with Crippen LogP contribution in [0.5, 0.6) is 0 Å². The summed E-state index contributed by atoms with van der Waals surface area (Å²) in [7, 11) is 0. The van der Waals surface area contributed by atoms with Gasteiger partial charge in [-0.1, -0.05) is 18.2 Å². The number of carbonyl (C=O) groups excluding carboxylic acids is 1. The van der Waals surface area contributed by atoms with E-state index in [-0.39, 0.29) is 5.91 Å². The van der Waals surface area contributed by atoms with Crippen LogP contribution < -0.4 is 10.6 Å². The monoisotopic (exact) mass is 480 g/mol. The molecule has 2 aromatic heterocycles. The Morgan fingerprint density at radius 1 is 1.00 bits per heavy atom. The number of aryl methyl sites for hydroxylation is 1. The highest BCUT2D eigenvalue weighted by Gasteiger charge is 2.25. The minimum atomic E-state index is 0.0844. The topological polar surface area (TPSA) is 91.1 Å². The molecule has 3 N–H and O–H groups in total. The number of H-pyrrole nitrogens is 1. The Kier molecular flexibility index (Phi) is 5.83. The lowest BCUT2D eigenvalue weighted by Crippen LogP contribution is -2.37. The van der Waals surface area contributed by atoms with Crippen LogP contribution in [-0.4, -0.2) is 51.9 Å². The van der Waals surface area contributed by atoms with Gasteiger partial charge in [0.25, 0.3) is 5.91 Å². The number of aromatic nitrogens is 3. The second-order valence-corrected chi connectivity index (χ2v) is 10.1. The predicted molar refractivity (Wildman–Crippen MR) is 144 cm³/mol. The SMILES string of the molecule is Cc1ccc(C(=O)N2CCC(c3ccc(N)cc3)CC2)cc1-c1nc2cc(N3CCCC3)ncc2[nH]1. The maximum Gasteiger partial charge on any atom is 0.253 e. The smallest absolute Gasteiger partial charge is 0.253 e. The van der Waals surface area contributed by atoms with Crippen molar-refractivity contribution < 1.29 is 4.79 Å². The van der Waals surface area contributed by atoms with Gasteiger partial charge in [0.1, 0.15) is 11.6 Å². The summed E-state index contributed by atoms with van der Waals surface area (Å²) in [4.78, 5) is 30.6. The Morgan fingerprint density at radius 2 is 1.75 bits per heavy atom. The van der Waals surface area contributed by atoms with Crippen LogP contribution in [0, 0.1) is 6.92 Å². The van der Waals surface area contributed by atoms with Crippen LogP contribution in [0.4, 0.5) is 11.5 Å². The highest BCUT2D eigenvalue weighted by atomic mass is 16.2. The molecule has 2 aliphatic rings. The number of fused-ring (bicyclic) bond motifs is 1. The Labute approximate surface area is 211 Å². The standard InChI is InChI=1S/C29H32N6O/c1-19-4-5-22(29(36)35-14-10-21(11-15-35)20-6-8-23(30)9-7-20)16-24(19)28-32-25-17-27(31-18-26(25)33-28)34-12-2-3-13-34/h4-9,16-18,21H,2-3,10-15,30H2,1H3,(H,32,33). The van der Waals surface area contributed by atoms with Gasteiger partial charge < -0.3 is 20.5 Å². The van der Waals surface area contributed by atoms with Gasteiger partial charge >= 0.3 is 0 Å². The van der Waals surface area contributed by atoms with Gasteiger partial charge in [-0.2, -0.15) is 0 Å². The number of likely N-dealkylation sites (tertiary alicyclic amines) is 1. The van der Waals surface area contributed by atoms with Crippen molar-refractivity contribution in [2.24, 2.45) is 0 Å². The number of carbonyl (C=O) groups is 1. The number of benzene rings is 2. The number of nitrogens with two attached hydrogens (primary N) is 1. The summed E-state index contributed by atoms with van der Waals surface area (Å²) in [5.41, 5.74) is 12.5. The van der Waals surface area contributed by atoms with E-state index in [2.05, 4.69) is 40.0 Å². The lowest BCUT2D eigenvalue weighted by Gasteiger charge is -2.32. The first kappa shape index (κ1) is 22.6. The summed E-state index contributed by atoms with van der Waals surface area (Å²) in [6.07, 6.45) is 6.22. The minimum absolute atomic E-state index is 0.0844. The number of nitrogen functional groups attached to an aromatic ring is 1. The van der Waals surface area contributed by atoms with Gasteiger partial charge in [-0.15, -0.1) is 0 Å². The molecule has 7 nitrogen and oxygen atoms in total. The fourth-order valence-corrected chi connectivity index (χ4v) is 5.52. The van der Waals surface area contributed by atoms with Crippen molar-refractivity contribution in [2.45, 2.75) is 38.5 Å². The van der Waals surface area contributed by atoms with Crippen LogP contribution in [0.1, 0.15) is 53.1 Å². The number of nitrogens with one attached hydrogen (secondary N) is 1. The normalized spacial score (nSPS) is 16.7. The summed E-state index contributed by atoms with van der Waals surface area (Å²) in [5.74, 6) is 2.32. The van der Waals surface area contributed by atoms with Crippen LogP contribution in [0.15, 0.2) is 54.7 Å². The summed E-state index contributed by atoms with van der Waals surface area (Å²) in [5, 5.41) is 0. The third-order valence-corrected chi connectivity index (χ3v) is 7.71. The molecule has 2 aromatic carbocycles. The number of imidazole rings is 1. The van der Waals surface area contributed by atoms with Crippen LogP contribution >= 0.6 is 0 Å². The molecule has 6 rings (SSSR count). The Morgan fingerprint density at radius 3 is 2.50 bits per heavy atom. The van der Waals surface area contributed by atoms with E-state index in [9.17, 15) is 4.79 Å². The predicted octanol–water partition coefficient (Wildman–Crippen LogP) is 5.14. The molecule has 7 heteroatoms. The molecule has 2 aliphatic heterocycles. The lowest BCUT2D eigenvalue weighted by atomic mass is 9.89. The van der Waals surface area contributed by atoms with E-state index in [1.165, 1.54) is 18.4 Å². The highest BCUT2D eigenvalue weighted by molar-refractivity contribution is 5.96. The van der Waals surface area contributed by atoms with Gasteiger partial charge in [0.05, 0.1) is 17.2 Å². The molecular formula is C29H32N6O. The largest absolute Gasteiger partial charge is 0.399 e. The van der Waals surface area contributed by atoms with E-state index in [1.807, 2.05) is 41.4 Å². The molecule has 4 heterocycles. The zero-order valence-corrected chi connectivity index (χ0v) is 20.7. The van der Waals surface area contributed by atoms with Gasteiger partial charge in [-0.25, -0.2) is 9.97 Å². The Bertz CT molecular complexity index is 1400. The zero-order valence-electron chi connectivity index (χ0n) is 20.7. The number of rotatable bonds is 4. The van der Waals surface area contributed by atoms with Crippen LogP contribution in [0.3, 0.4) is 0 Å². The first-order valence-electron chi connectivity index (χ1n) is 12.9. The highest BCUT2D eigenvalue weighted by Crippen LogP contribution is 2.31. The number of hydrogen-bond donors (Lipinski definition) is 2. The van der Waals surface area contributed by atoms with Gasteiger partial charge in [-0.3, -0.25) is 4.79 Å². The van der Waals surface area contributed by atoms with E-state index in [1.54, 1.807) is 0 Å². The summed E-state index contributed by atoms with van der Waals surface area (Å²) in [6, 6.07) is 16.1. The van der Waals surface area contributed by atoms with Crippen molar-refractivity contribution in [3.05, 3.63) is 71.4 Å². The van der Waals surface area contributed by atoms with E-state index in [0.29, 0.717) is 11.5 Å². The third kappa shape index (κ3) is 4.30. The van der Waals surface area contributed by atoms with Gasteiger partial charge in [0.2, 0.25) is 0 Å². The first-order chi connectivity index (χ1) is 17.5. The quantitative estimate of drug-likeness (QED) is 0.395. The van der Waals surface area contributed by atoms with Crippen LogP contribution in [0.2, 0.25) is 0 Å². The molecular weight excluding hydrogens is 448 g/mol. The van der Waals surface area contributed by atoms with E-state index >= 15 is 0 Å². The molecule has 0 unspecified atom stereocenters. The Balaban J connectivity index is 1.20. The molecule has 0 spiro atoms. The number of nitrogens with zero attached hydrogens (tertiary/aromatic N) is 4. The maximum atomic E-state index is 13.4. The molecule has 2 saturated heterocycles. The van der Waals surface area contributed by atoms with E-state index in [0.717, 1.165) is 78.5 Å². The lowest BCUT2D eigenvalue weighted by molar-refractivity contribution is 0.0713. The molecule has 0 atom stereocenters. The summed E-state index contributed by atoms with van der Waals surface area (Å²) >= 11 is 0. The average Bonchev–Trinajstić information content (AvgIpc) is 3.59. The fraction of sp³-hybridized carbons (Fsp3) is 0.345. The molecule has 0 aliphatic carbocycles. The minimum Gasteiger partial charge on any atom is -0.399 e. The summed E-state index contributed by atoms with van der Waals surface area (Å²) < 4.78 is 0. The molecule has 0 bridgehead atoms. The molecule has 2 fully saturated rings. The summed E-state index contributed by atoms with van der Waals surface area (Å²) in [6.45, 7) is 5.68. The third-order valence-electron chi connectivity index (χ3n) is 7.71. The first-order valence-corrected chi connectivity index (χ1v) is 12.9. The van der Waals surface area contributed by atoms with Crippen molar-refractivity contribution in [1.82, 2.24) is 19.9 Å². The van der Waals surface area contributed by atoms with Crippen molar-refractivity contribution in [3.63, 3.8) is 0 Å². The van der Waals surface area contributed by atoms with E-state index < -0.39 is 0 Å². The number of aromatic amines is 1. The molecule has 184 valence electrons. The molecule has 0 saturated carbocycles. The average molecular weight is 481 g/mol. The zero-order chi connectivity index (χ0) is 24.6. The van der Waals surface area contributed by atoms with Gasteiger partial charge in [-0.05, 0) is 73.9 Å². The maximum absolute atomic E-state index is 13.4. The second-order valence-electron chi connectivity index (χ2n) is 10.1. The van der Waals surface area contributed by atoms with Crippen molar-refractivity contribution in [1.29, 1.82) is 0 Å². The number of amides is 1. The Hall–Kier alpha value is -3.87. The van der Waals surface area contributed by atoms with Crippen LogP contribution in [-0.2, 0) is 0 Å². The number of pyridine rings is 1. The number of piperidine rings is 1. The molecule has 4 aromatic rings. The van der Waals surface area contributed by atoms with Gasteiger partial charge in [0, 0.05) is 49.1 Å². The van der Waals surface area contributed by atoms with Crippen molar-refractivity contribution >= 4 is 28.4 Å². The molecule has 0 radical (unpaired) electrons.